The van der Waals surface area contributed by atoms with Gasteiger partial charge < -0.3 is 5.32 Å². The molecule has 0 spiro atoms. The maximum Gasteiger partial charge on any atom is 0.0648 e. The maximum atomic E-state index is 4.58. The first kappa shape index (κ1) is 15.3. The van der Waals surface area contributed by atoms with E-state index in [9.17, 15) is 0 Å². The van der Waals surface area contributed by atoms with E-state index < -0.39 is 0 Å². The van der Waals surface area contributed by atoms with Gasteiger partial charge in [-0.05, 0) is 43.4 Å². The highest BCUT2D eigenvalue weighted by atomic mass is 15.3. The van der Waals surface area contributed by atoms with Crippen LogP contribution in [0.5, 0.6) is 0 Å². The lowest BCUT2D eigenvalue weighted by Gasteiger charge is -2.12. The van der Waals surface area contributed by atoms with Gasteiger partial charge in [0.2, 0.25) is 0 Å². The number of benzene rings is 1. The number of hydrogen-bond acceptors (Lipinski definition) is 2. The molecule has 1 aromatic heterocycles. The first-order valence-corrected chi connectivity index (χ1v) is 8.52. The van der Waals surface area contributed by atoms with Crippen LogP contribution in [0.4, 0.5) is 0 Å². The fourth-order valence-corrected chi connectivity index (χ4v) is 3.26. The van der Waals surface area contributed by atoms with Crippen LogP contribution in [0.3, 0.4) is 0 Å². The summed E-state index contributed by atoms with van der Waals surface area (Å²) in [6.07, 6.45) is 7.40. The van der Waals surface area contributed by atoms with E-state index in [0.717, 1.165) is 12.2 Å². The summed E-state index contributed by atoms with van der Waals surface area (Å²) >= 11 is 0. The molecule has 1 N–H and O–H groups in total. The Morgan fingerprint density at radius 2 is 1.86 bits per heavy atom. The molecule has 2 aromatic rings. The third-order valence-corrected chi connectivity index (χ3v) is 4.85. The van der Waals surface area contributed by atoms with Crippen molar-refractivity contribution in [1.82, 2.24) is 15.1 Å². The van der Waals surface area contributed by atoms with Crippen molar-refractivity contribution in [2.75, 3.05) is 0 Å². The van der Waals surface area contributed by atoms with Gasteiger partial charge in [0.1, 0.15) is 0 Å². The molecule has 0 radical (unpaired) electrons. The number of hydrogen-bond donors (Lipinski definition) is 1. The molecule has 1 aliphatic carbocycles. The smallest absolute Gasteiger partial charge is 0.0648 e. The Labute approximate surface area is 133 Å². The molecule has 3 rings (SSSR count). The van der Waals surface area contributed by atoms with Crippen molar-refractivity contribution in [3.8, 4) is 5.69 Å². The van der Waals surface area contributed by atoms with E-state index in [0.29, 0.717) is 12.0 Å². The van der Waals surface area contributed by atoms with Crippen LogP contribution in [0.25, 0.3) is 5.69 Å². The maximum absolute atomic E-state index is 4.58. The third kappa shape index (κ3) is 3.25. The Morgan fingerprint density at radius 3 is 2.50 bits per heavy atom. The standard InChI is InChI=1S/C19H27N3/c1-14(2)16-8-10-19(11-9-16)22-15(3)17(13-21-22)12-20-18-6-4-5-7-18/h8-11,13-14,18,20H,4-7,12H2,1-3H3. The Bertz CT molecular complexity index is 604. The molecule has 0 saturated heterocycles. The van der Waals surface area contributed by atoms with E-state index >= 15 is 0 Å². The lowest BCUT2D eigenvalue weighted by molar-refractivity contribution is 0.523. The average molecular weight is 297 g/mol. The first-order valence-electron chi connectivity index (χ1n) is 8.52. The highest BCUT2D eigenvalue weighted by molar-refractivity contribution is 5.37. The highest BCUT2D eigenvalue weighted by Crippen LogP contribution is 2.20. The zero-order chi connectivity index (χ0) is 15.5. The predicted octanol–water partition coefficient (Wildman–Crippen LogP) is 4.34. The van der Waals surface area contributed by atoms with Crippen LogP contribution >= 0.6 is 0 Å². The summed E-state index contributed by atoms with van der Waals surface area (Å²) in [7, 11) is 0. The molecular formula is C19H27N3. The Balaban J connectivity index is 1.71. The monoisotopic (exact) mass is 297 g/mol. The second-order valence-electron chi connectivity index (χ2n) is 6.78. The van der Waals surface area contributed by atoms with Gasteiger partial charge in [0, 0.05) is 23.8 Å². The minimum absolute atomic E-state index is 0.568. The van der Waals surface area contributed by atoms with E-state index in [1.165, 1.54) is 42.5 Å². The molecule has 1 fully saturated rings. The highest BCUT2D eigenvalue weighted by Gasteiger charge is 2.15. The molecule has 22 heavy (non-hydrogen) atoms. The summed E-state index contributed by atoms with van der Waals surface area (Å²) in [5, 5.41) is 8.26. The largest absolute Gasteiger partial charge is 0.310 e. The van der Waals surface area contributed by atoms with Crippen LogP contribution in [0.2, 0.25) is 0 Å². The quantitative estimate of drug-likeness (QED) is 0.890. The van der Waals surface area contributed by atoms with E-state index in [4.69, 9.17) is 0 Å². The van der Waals surface area contributed by atoms with Crippen LogP contribution < -0.4 is 5.32 Å². The normalized spacial score (nSPS) is 15.8. The van der Waals surface area contributed by atoms with Crippen molar-refractivity contribution in [1.29, 1.82) is 0 Å². The van der Waals surface area contributed by atoms with Crippen LogP contribution in [-0.4, -0.2) is 15.8 Å². The van der Waals surface area contributed by atoms with Crippen molar-refractivity contribution in [3.63, 3.8) is 0 Å². The zero-order valence-corrected chi connectivity index (χ0v) is 14.0. The molecule has 118 valence electrons. The molecule has 1 saturated carbocycles. The number of nitrogens with zero attached hydrogens (tertiary/aromatic N) is 2. The Kier molecular flexibility index (Phi) is 4.63. The summed E-state index contributed by atoms with van der Waals surface area (Å²) in [6, 6.07) is 9.45. The lowest BCUT2D eigenvalue weighted by Crippen LogP contribution is -2.25. The fraction of sp³-hybridized carbons (Fsp3) is 0.526. The molecular weight excluding hydrogens is 270 g/mol. The van der Waals surface area contributed by atoms with Gasteiger partial charge >= 0.3 is 0 Å². The van der Waals surface area contributed by atoms with Crippen molar-refractivity contribution in [3.05, 3.63) is 47.3 Å². The van der Waals surface area contributed by atoms with Crippen LogP contribution in [0, 0.1) is 6.92 Å². The van der Waals surface area contributed by atoms with Gasteiger partial charge in [0.05, 0.1) is 11.9 Å². The minimum atomic E-state index is 0.568. The topological polar surface area (TPSA) is 29.9 Å². The SMILES string of the molecule is Cc1c(CNC2CCCC2)cnn1-c1ccc(C(C)C)cc1. The summed E-state index contributed by atoms with van der Waals surface area (Å²) in [4.78, 5) is 0. The number of nitrogens with one attached hydrogen (secondary N) is 1. The number of rotatable bonds is 5. The molecule has 0 amide bonds. The average Bonchev–Trinajstić information content (AvgIpc) is 3.15. The Morgan fingerprint density at radius 1 is 1.18 bits per heavy atom. The number of aromatic nitrogens is 2. The van der Waals surface area contributed by atoms with Crippen LogP contribution in [-0.2, 0) is 6.54 Å². The van der Waals surface area contributed by atoms with Gasteiger partial charge in [0.25, 0.3) is 0 Å². The molecule has 0 unspecified atom stereocenters. The van der Waals surface area contributed by atoms with Crippen molar-refractivity contribution >= 4 is 0 Å². The lowest BCUT2D eigenvalue weighted by atomic mass is 10.0. The van der Waals surface area contributed by atoms with Gasteiger partial charge in [-0.3, -0.25) is 0 Å². The molecule has 3 heteroatoms. The summed E-state index contributed by atoms with van der Waals surface area (Å²) in [5.74, 6) is 0.568. The van der Waals surface area contributed by atoms with Gasteiger partial charge in [-0.2, -0.15) is 5.10 Å². The molecule has 0 atom stereocenters. The predicted molar refractivity (Wildman–Crippen MR) is 91.5 cm³/mol. The van der Waals surface area contributed by atoms with Gasteiger partial charge in [0.15, 0.2) is 0 Å². The summed E-state index contributed by atoms with van der Waals surface area (Å²) in [6.45, 7) is 7.54. The zero-order valence-electron chi connectivity index (χ0n) is 14.0. The molecule has 0 bridgehead atoms. The summed E-state index contributed by atoms with van der Waals surface area (Å²) in [5.41, 5.74) is 5.06. The summed E-state index contributed by atoms with van der Waals surface area (Å²) < 4.78 is 2.05. The van der Waals surface area contributed by atoms with Gasteiger partial charge in [-0.15, -0.1) is 0 Å². The van der Waals surface area contributed by atoms with E-state index in [2.05, 4.69) is 60.1 Å². The van der Waals surface area contributed by atoms with Crippen molar-refractivity contribution in [2.24, 2.45) is 0 Å². The molecule has 1 heterocycles. The molecule has 1 aliphatic rings. The minimum Gasteiger partial charge on any atom is -0.310 e. The van der Waals surface area contributed by atoms with Gasteiger partial charge in [-0.25, -0.2) is 4.68 Å². The van der Waals surface area contributed by atoms with Crippen LogP contribution in [0.1, 0.15) is 62.3 Å². The first-order chi connectivity index (χ1) is 10.6. The van der Waals surface area contributed by atoms with Gasteiger partial charge in [-0.1, -0.05) is 38.8 Å². The van der Waals surface area contributed by atoms with Crippen molar-refractivity contribution in [2.45, 2.75) is 65.0 Å². The molecule has 0 aliphatic heterocycles. The van der Waals surface area contributed by atoms with E-state index in [1.807, 2.05) is 6.20 Å². The third-order valence-electron chi connectivity index (χ3n) is 4.85. The Hall–Kier alpha value is -1.61. The van der Waals surface area contributed by atoms with E-state index in [-0.39, 0.29) is 0 Å². The molecule has 3 nitrogen and oxygen atoms in total. The van der Waals surface area contributed by atoms with Crippen molar-refractivity contribution < 1.29 is 0 Å². The molecule has 1 aromatic carbocycles. The second-order valence-corrected chi connectivity index (χ2v) is 6.78. The second kappa shape index (κ2) is 6.66. The van der Waals surface area contributed by atoms with E-state index in [1.54, 1.807) is 0 Å². The van der Waals surface area contributed by atoms with Crippen LogP contribution in [0.15, 0.2) is 30.5 Å². The fourth-order valence-electron chi connectivity index (χ4n) is 3.26.